The van der Waals surface area contributed by atoms with Crippen LogP contribution in [0.15, 0.2) is 28.9 Å². The van der Waals surface area contributed by atoms with E-state index in [4.69, 9.17) is 0 Å². The molecule has 0 saturated carbocycles. The third-order valence-corrected chi connectivity index (χ3v) is 3.46. The Morgan fingerprint density at radius 2 is 2.06 bits per heavy atom. The standard InChI is InChI=1S/C14H19BrN2/c1-14(2,3)17-8-7-10-9-16-13-11(10)5-4-6-12(13)15/h4-6,9,16-17H,7-8H2,1-3H3. The lowest BCUT2D eigenvalue weighted by molar-refractivity contribution is 0.430. The fraction of sp³-hybridized carbons (Fsp3) is 0.429. The molecule has 0 atom stereocenters. The van der Waals surface area contributed by atoms with Crippen molar-refractivity contribution in [2.45, 2.75) is 32.7 Å². The van der Waals surface area contributed by atoms with Crippen molar-refractivity contribution in [2.24, 2.45) is 0 Å². The van der Waals surface area contributed by atoms with Crippen LogP contribution in [-0.4, -0.2) is 17.1 Å². The zero-order chi connectivity index (χ0) is 12.5. The van der Waals surface area contributed by atoms with Crippen LogP contribution in [0.5, 0.6) is 0 Å². The Hall–Kier alpha value is -0.800. The summed E-state index contributed by atoms with van der Waals surface area (Å²) < 4.78 is 1.13. The van der Waals surface area contributed by atoms with E-state index in [-0.39, 0.29) is 5.54 Å². The molecule has 0 radical (unpaired) electrons. The first-order valence-corrected chi connectivity index (χ1v) is 6.76. The molecule has 0 bridgehead atoms. The molecule has 0 aliphatic heterocycles. The molecule has 3 heteroatoms. The quantitative estimate of drug-likeness (QED) is 0.884. The molecule has 1 heterocycles. The minimum absolute atomic E-state index is 0.187. The molecule has 0 saturated heterocycles. The van der Waals surface area contributed by atoms with Gasteiger partial charge in [0.15, 0.2) is 0 Å². The van der Waals surface area contributed by atoms with E-state index in [2.05, 4.69) is 71.4 Å². The lowest BCUT2D eigenvalue weighted by atomic mass is 10.1. The van der Waals surface area contributed by atoms with Crippen molar-refractivity contribution in [3.05, 3.63) is 34.4 Å². The van der Waals surface area contributed by atoms with Crippen molar-refractivity contribution in [1.82, 2.24) is 10.3 Å². The van der Waals surface area contributed by atoms with Crippen LogP contribution >= 0.6 is 15.9 Å². The molecule has 0 amide bonds. The number of aromatic nitrogens is 1. The van der Waals surface area contributed by atoms with E-state index in [1.165, 1.54) is 16.5 Å². The van der Waals surface area contributed by atoms with Gasteiger partial charge in [-0.25, -0.2) is 0 Å². The zero-order valence-corrected chi connectivity index (χ0v) is 12.2. The van der Waals surface area contributed by atoms with Crippen molar-refractivity contribution in [3.8, 4) is 0 Å². The second-order valence-electron chi connectivity index (χ2n) is 5.40. The summed E-state index contributed by atoms with van der Waals surface area (Å²) in [6.45, 7) is 7.58. The molecule has 2 aromatic rings. The van der Waals surface area contributed by atoms with Crippen LogP contribution in [0.2, 0.25) is 0 Å². The van der Waals surface area contributed by atoms with E-state index >= 15 is 0 Å². The molecular weight excluding hydrogens is 276 g/mol. The summed E-state index contributed by atoms with van der Waals surface area (Å²) in [6, 6.07) is 6.32. The summed E-state index contributed by atoms with van der Waals surface area (Å²) in [5.41, 5.74) is 2.75. The molecule has 2 rings (SSSR count). The molecule has 0 spiro atoms. The van der Waals surface area contributed by atoms with Gasteiger partial charge in [-0.15, -0.1) is 0 Å². The number of hydrogen-bond acceptors (Lipinski definition) is 1. The van der Waals surface area contributed by atoms with E-state index in [9.17, 15) is 0 Å². The maximum atomic E-state index is 3.56. The monoisotopic (exact) mass is 294 g/mol. The Morgan fingerprint density at radius 1 is 1.29 bits per heavy atom. The maximum absolute atomic E-state index is 3.56. The average molecular weight is 295 g/mol. The predicted octanol–water partition coefficient (Wildman–Crippen LogP) is 3.86. The molecule has 1 aromatic carbocycles. The number of rotatable bonds is 3. The van der Waals surface area contributed by atoms with E-state index in [0.29, 0.717) is 0 Å². The minimum atomic E-state index is 0.187. The third-order valence-electron chi connectivity index (χ3n) is 2.80. The first kappa shape index (κ1) is 12.7. The number of hydrogen-bond donors (Lipinski definition) is 2. The molecule has 17 heavy (non-hydrogen) atoms. The smallest absolute Gasteiger partial charge is 0.0601 e. The number of halogens is 1. The van der Waals surface area contributed by atoms with Gasteiger partial charge in [-0.05, 0) is 61.3 Å². The molecule has 0 aliphatic carbocycles. The Morgan fingerprint density at radius 3 is 2.76 bits per heavy atom. The number of benzene rings is 1. The first-order chi connectivity index (χ1) is 7.97. The van der Waals surface area contributed by atoms with E-state index in [0.717, 1.165) is 17.4 Å². The highest BCUT2D eigenvalue weighted by Crippen LogP contribution is 2.25. The number of H-pyrrole nitrogens is 1. The van der Waals surface area contributed by atoms with Gasteiger partial charge in [0.2, 0.25) is 0 Å². The van der Waals surface area contributed by atoms with Crippen LogP contribution in [0, 0.1) is 0 Å². The van der Waals surface area contributed by atoms with Crippen LogP contribution in [0.3, 0.4) is 0 Å². The fourth-order valence-electron chi connectivity index (χ4n) is 1.95. The number of aromatic amines is 1. The zero-order valence-electron chi connectivity index (χ0n) is 10.6. The van der Waals surface area contributed by atoms with Gasteiger partial charge in [-0.3, -0.25) is 0 Å². The van der Waals surface area contributed by atoms with Crippen molar-refractivity contribution in [2.75, 3.05) is 6.54 Å². The van der Waals surface area contributed by atoms with Crippen LogP contribution in [0.1, 0.15) is 26.3 Å². The van der Waals surface area contributed by atoms with Gasteiger partial charge in [-0.2, -0.15) is 0 Å². The van der Waals surface area contributed by atoms with Crippen LogP contribution in [0.4, 0.5) is 0 Å². The van der Waals surface area contributed by atoms with Crippen LogP contribution in [0.25, 0.3) is 10.9 Å². The predicted molar refractivity (Wildman–Crippen MR) is 77.5 cm³/mol. The van der Waals surface area contributed by atoms with Gasteiger partial charge in [0.1, 0.15) is 0 Å². The SMILES string of the molecule is CC(C)(C)NCCc1c[nH]c2c(Br)cccc12. The molecule has 2 N–H and O–H groups in total. The summed E-state index contributed by atoms with van der Waals surface area (Å²) >= 11 is 3.56. The van der Waals surface area contributed by atoms with Gasteiger partial charge in [0, 0.05) is 21.6 Å². The van der Waals surface area contributed by atoms with Gasteiger partial charge in [-0.1, -0.05) is 12.1 Å². The van der Waals surface area contributed by atoms with E-state index in [1.807, 2.05) is 0 Å². The highest BCUT2D eigenvalue weighted by molar-refractivity contribution is 9.10. The average Bonchev–Trinajstić information content (AvgIpc) is 2.61. The molecule has 0 aliphatic rings. The molecule has 1 aromatic heterocycles. The summed E-state index contributed by atoms with van der Waals surface area (Å²) in [5.74, 6) is 0. The van der Waals surface area contributed by atoms with Gasteiger partial charge in [0.05, 0.1) is 5.52 Å². The summed E-state index contributed by atoms with van der Waals surface area (Å²) in [6.07, 6.45) is 3.16. The van der Waals surface area contributed by atoms with E-state index in [1.54, 1.807) is 0 Å². The highest BCUT2D eigenvalue weighted by atomic mass is 79.9. The lowest BCUT2D eigenvalue weighted by Gasteiger charge is -2.20. The Balaban J connectivity index is 2.12. The third kappa shape index (κ3) is 3.11. The highest BCUT2D eigenvalue weighted by Gasteiger charge is 2.09. The maximum Gasteiger partial charge on any atom is 0.0601 e. The normalized spacial score (nSPS) is 12.2. The van der Waals surface area contributed by atoms with Crippen LogP contribution < -0.4 is 5.32 Å². The summed E-state index contributed by atoms with van der Waals surface area (Å²) in [7, 11) is 0. The molecule has 0 fully saturated rings. The number of para-hydroxylation sites is 1. The number of nitrogens with one attached hydrogen (secondary N) is 2. The Labute approximate surface area is 111 Å². The van der Waals surface area contributed by atoms with Gasteiger partial charge >= 0.3 is 0 Å². The minimum Gasteiger partial charge on any atom is -0.360 e. The molecular formula is C14H19BrN2. The van der Waals surface area contributed by atoms with Crippen molar-refractivity contribution >= 4 is 26.8 Å². The molecule has 2 nitrogen and oxygen atoms in total. The Bertz CT molecular complexity index is 508. The van der Waals surface area contributed by atoms with Crippen molar-refractivity contribution in [1.29, 1.82) is 0 Å². The largest absolute Gasteiger partial charge is 0.360 e. The molecule has 0 unspecified atom stereocenters. The van der Waals surface area contributed by atoms with Crippen molar-refractivity contribution < 1.29 is 0 Å². The first-order valence-electron chi connectivity index (χ1n) is 5.97. The van der Waals surface area contributed by atoms with Crippen LogP contribution in [-0.2, 0) is 6.42 Å². The second kappa shape index (κ2) is 4.83. The summed E-state index contributed by atoms with van der Waals surface area (Å²) in [5, 5.41) is 4.83. The van der Waals surface area contributed by atoms with Gasteiger partial charge in [0.25, 0.3) is 0 Å². The number of fused-ring (bicyclic) bond motifs is 1. The topological polar surface area (TPSA) is 27.8 Å². The lowest BCUT2D eigenvalue weighted by Crippen LogP contribution is -2.37. The second-order valence-corrected chi connectivity index (χ2v) is 6.26. The fourth-order valence-corrected chi connectivity index (χ4v) is 2.44. The van der Waals surface area contributed by atoms with Gasteiger partial charge < -0.3 is 10.3 Å². The Kier molecular flexibility index (Phi) is 3.59. The van der Waals surface area contributed by atoms with Crippen molar-refractivity contribution in [3.63, 3.8) is 0 Å². The summed E-state index contributed by atoms with van der Waals surface area (Å²) in [4.78, 5) is 3.33. The van der Waals surface area contributed by atoms with E-state index < -0.39 is 0 Å². The molecule has 92 valence electrons.